The summed E-state index contributed by atoms with van der Waals surface area (Å²) in [4.78, 5) is 0. The molecule has 120 valence electrons. The summed E-state index contributed by atoms with van der Waals surface area (Å²) in [5.41, 5.74) is -1.46. The molecule has 0 spiro atoms. The first-order chi connectivity index (χ1) is 10.1. The molecule has 0 saturated heterocycles. The highest BCUT2D eigenvalue weighted by molar-refractivity contribution is 7.90. The zero-order chi connectivity index (χ0) is 16.6. The molecule has 5 nitrogen and oxygen atoms in total. The number of sulfonamides is 1. The number of hydrogen-bond acceptors (Lipinski definition) is 4. The molecule has 2 rings (SSSR count). The molecule has 4 N–H and O–H groups in total. The molecule has 0 radical (unpaired) electrons. The van der Waals surface area contributed by atoms with Crippen LogP contribution in [-0.4, -0.2) is 30.8 Å². The highest BCUT2D eigenvalue weighted by Crippen LogP contribution is 2.30. The van der Waals surface area contributed by atoms with Gasteiger partial charge in [-0.1, -0.05) is 42.5 Å². The number of allylic oxidation sites excluding steroid dienone is 2. The van der Waals surface area contributed by atoms with E-state index in [1.54, 1.807) is 30.3 Å². The summed E-state index contributed by atoms with van der Waals surface area (Å²) >= 11 is 0. The van der Waals surface area contributed by atoms with Gasteiger partial charge in [0.15, 0.2) is 0 Å². The molecule has 0 aliphatic heterocycles. The van der Waals surface area contributed by atoms with Crippen LogP contribution < -0.4 is 10.5 Å². The Bertz CT molecular complexity index is 714. The molecular formula is C13H13F3N2O3S. The predicted molar refractivity (Wildman–Crippen MR) is 74.6 cm³/mol. The molecule has 22 heavy (non-hydrogen) atoms. The molecule has 2 atom stereocenters. The molecular weight excluding hydrogens is 321 g/mol. The van der Waals surface area contributed by atoms with Gasteiger partial charge in [0.25, 0.3) is 0 Å². The van der Waals surface area contributed by atoms with Gasteiger partial charge in [-0.3, -0.25) is 0 Å². The third-order valence-corrected chi connectivity index (χ3v) is 4.35. The fourth-order valence-corrected chi connectivity index (χ4v) is 2.78. The van der Waals surface area contributed by atoms with Crippen molar-refractivity contribution < 1.29 is 26.7 Å². The van der Waals surface area contributed by atoms with Crippen LogP contribution in [0.1, 0.15) is 5.56 Å². The molecule has 0 aromatic heterocycles. The summed E-state index contributed by atoms with van der Waals surface area (Å²) < 4.78 is 61.2. The lowest BCUT2D eigenvalue weighted by atomic mass is 9.88. The zero-order valence-corrected chi connectivity index (χ0v) is 11.9. The molecule has 0 saturated carbocycles. The van der Waals surface area contributed by atoms with Crippen molar-refractivity contribution in [2.24, 2.45) is 5.73 Å². The number of aliphatic hydroxyl groups is 1. The fourth-order valence-electron chi connectivity index (χ4n) is 2.02. The zero-order valence-electron chi connectivity index (χ0n) is 11.1. The van der Waals surface area contributed by atoms with Crippen molar-refractivity contribution in [3.63, 3.8) is 0 Å². The first-order valence-corrected chi connectivity index (χ1v) is 7.57. The van der Waals surface area contributed by atoms with Gasteiger partial charge in [-0.2, -0.15) is 17.9 Å². The van der Waals surface area contributed by atoms with E-state index >= 15 is 0 Å². The lowest BCUT2D eigenvalue weighted by Gasteiger charge is -2.35. The van der Waals surface area contributed by atoms with Crippen LogP contribution in [0.25, 0.3) is 5.57 Å². The van der Waals surface area contributed by atoms with Gasteiger partial charge >= 0.3 is 15.5 Å². The summed E-state index contributed by atoms with van der Waals surface area (Å²) in [5, 5.41) is 10.2. The first kappa shape index (κ1) is 16.7. The Morgan fingerprint density at radius 3 is 2.36 bits per heavy atom. The number of benzene rings is 1. The maximum absolute atomic E-state index is 12.5. The van der Waals surface area contributed by atoms with Crippen molar-refractivity contribution in [1.82, 2.24) is 4.72 Å². The van der Waals surface area contributed by atoms with Crippen LogP contribution in [0, 0.1) is 0 Å². The van der Waals surface area contributed by atoms with Crippen LogP contribution in [0.15, 0.2) is 48.6 Å². The monoisotopic (exact) mass is 334 g/mol. The minimum Gasteiger partial charge on any atom is -0.385 e. The number of nitrogens with two attached hydrogens (primary N) is 1. The van der Waals surface area contributed by atoms with Crippen molar-refractivity contribution in [3.8, 4) is 0 Å². The molecule has 0 heterocycles. The van der Waals surface area contributed by atoms with Crippen LogP contribution in [0.5, 0.6) is 0 Å². The Morgan fingerprint density at radius 1 is 1.23 bits per heavy atom. The smallest absolute Gasteiger partial charge is 0.385 e. The molecule has 9 heteroatoms. The summed E-state index contributed by atoms with van der Waals surface area (Å²) in [7, 11) is -5.71. The standard InChI is InChI=1S/C13H13F3N2O3S/c14-13(15,16)22(20,21)18-12(17)8-4-7-10(11(12)19)9-5-2-1-3-6-9/h1-8,11,18-19H,17H2. The second kappa shape index (κ2) is 5.51. The summed E-state index contributed by atoms with van der Waals surface area (Å²) in [6.45, 7) is 0. The second-order valence-electron chi connectivity index (χ2n) is 4.73. The minimum absolute atomic E-state index is 0.204. The van der Waals surface area contributed by atoms with Gasteiger partial charge in [0.1, 0.15) is 11.8 Å². The van der Waals surface area contributed by atoms with E-state index in [1.165, 1.54) is 16.9 Å². The number of halogens is 3. The Morgan fingerprint density at radius 2 is 1.82 bits per heavy atom. The predicted octanol–water partition coefficient (Wildman–Crippen LogP) is 1.09. The Kier molecular flexibility index (Phi) is 4.18. The second-order valence-corrected chi connectivity index (χ2v) is 6.41. The van der Waals surface area contributed by atoms with Gasteiger partial charge in [0.05, 0.1) is 0 Å². The van der Waals surface area contributed by atoms with E-state index in [4.69, 9.17) is 5.73 Å². The third-order valence-electron chi connectivity index (χ3n) is 3.12. The Hall–Kier alpha value is -1.68. The van der Waals surface area contributed by atoms with Crippen LogP contribution in [0.4, 0.5) is 13.2 Å². The molecule has 1 aromatic rings. The van der Waals surface area contributed by atoms with Crippen molar-refractivity contribution in [3.05, 3.63) is 54.1 Å². The minimum atomic E-state index is -5.71. The van der Waals surface area contributed by atoms with E-state index in [1.807, 2.05) is 0 Å². The number of nitrogens with one attached hydrogen (secondary N) is 1. The van der Waals surface area contributed by atoms with Crippen LogP contribution >= 0.6 is 0 Å². The van der Waals surface area contributed by atoms with Gasteiger partial charge in [-0.15, -0.1) is 0 Å². The fraction of sp³-hybridized carbons (Fsp3) is 0.231. The Balaban J connectivity index is 2.35. The first-order valence-electron chi connectivity index (χ1n) is 6.09. The molecule has 0 amide bonds. The lowest BCUT2D eigenvalue weighted by Crippen LogP contribution is -2.64. The van der Waals surface area contributed by atoms with Crippen LogP contribution in [0.2, 0.25) is 0 Å². The quantitative estimate of drug-likeness (QED) is 0.722. The van der Waals surface area contributed by atoms with Gasteiger partial charge in [-0.05, 0) is 17.2 Å². The average molecular weight is 334 g/mol. The number of alkyl halides is 3. The molecule has 1 aliphatic carbocycles. The van der Waals surface area contributed by atoms with Gasteiger partial charge in [0, 0.05) is 0 Å². The third kappa shape index (κ3) is 3.07. The van der Waals surface area contributed by atoms with Gasteiger partial charge < -0.3 is 10.8 Å². The van der Waals surface area contributed by atoms with Crippen LogP contribution in [-0.2, 0) is 10.0 Å². The van der Waals surface area contributed by atoms with Crippen molar-refractivity contribution >= 4 is 15.6 Å². The van der Waals surface area contributed by atoms with Gasteiger partial charge in [-0.25, -0.2) is 8.42 Å². The number of rotatable bonds is 3. The lowest BCUT2D eigenvalue weighted by molar-refractivity contribution is -0.0459. The van der Waals surface area contributed by atoms with E-state index in [0.717, 1.165) is 6.08 Å². The normalized spacial score (nSPS) is 25.9. The summed E-state index contributed by atoms with van der Waals surface area (Å²) in [6, 6.07) is 8.29. The van der Waals surface area contributed by atoms with E-state index in [-0.39, 0.29) is 5.57 Å². The molecule has 2 unspecified atom stereocenters. The highest BCUT2D eigenvalue weighted by Gasteiger charge is 2.51. The summed E-state index contributed by atoms with van der Waals surface area (Å²) in [5.74, 6) is 0. The average Bonchev–Trinajstić information content (AvgIpc) is 2.41. The molecule has 0 bridgehead atoms. The highest BCUT2D eigenvalue weighted by atomic mass is 32.2. The Labute approximate surface area is 125 Å². The largest absolute Gasteiger partial charge is 0.511 e. The van der Waals surface area contributed by atoms with Crippen molar-refractivity contribution in [2.45, 2.75) is 17.3 Å². The topological polar surface area (TPSA) is 92.4 Å². The maximum Gasteiger partial charge on any atom is 0.511 e. The van der Waals surface area contributed by atoms with E-state index < -0.39 is 27.3 Å². The van der Waals surface area contributed by atoms with E-state index in [9.17, 15) is 26.7 Å². The van der Waals surface area contributed by atoms with E-state index in [2.05, 4.69) is 0 Å². The van der Waals surface area contributed by atoms with E-state index in [0.29, 0.717) is 5.56 Å². The molecule has 1 aliphatic rings. The van der Waals surface area contributed by atoms with Crippen molar-refractivity contribution in [2.75, 3.05) is 0 Å². The molecule has 0 fully saturated rings. The number of aliphatic hydroxyl groups excluding tert-OH is 1. The van der Waals surface area contributed by atoms with Crippen molar-refractivity contribution in [1.29, 1.82) is 0 Å². The maximum atomic E-state index is 12.5. The van der Waals surface area contributed by atoms with Gasteiger partial charge in [0.2, 0.25) is 0 Å². The summed E-state index contributed by atoms with van der Waals surface area (Å²) in [6.07, 6.45) is 2.02. The number of hydrogen-bond donors (Lipinski definition) is 3. The molecule has 1 aromatic carbocycles. The SMILES string of the molecule is NC1(NS(=O)(=O)C(F)(F)F)C=CC=C(c2ccccc2)C1O. The van der Waals surface area contributed by atoms with Crippen LogP contribution in [0.3, 0.4) is 0 Å².